The Kier molecular flexibility index (Phi) is 9.97. The predicted molar refractivity (Wildman–Crippen MR) is 113 cm³/mol. The number of fused-ring (bicyclic) bond motifs is 1. The van der Waals surface area contributed by atoms with Gasteiger partial charge in [-0.2, -0.15) is 0 Å². The number of nitrogens with one attached hydrogen (secondary N) is 2. The van der Waals surface area contributed by atoms with Gasteiger partial charge in [0.2, 0.25) is 0 Å². The van der Waals surface area contributed by atoms with Crippen LogP contribution in [0.1, 0.15) is 33.1 Å². The van der Waals surface area contributed by atoms with E-state index in [2.05, 4.69) is 20.5 Å². The highest BCUT2D eigenvalue weighted by Crippen LogP contribution is 2.22. The minimum atomic E-state index is -2.93. The number of halogens is 1. The summed E-state index contributed by atoms with van der Waals surface area (Å²) in [6.45, 7) is 8.33. The maximum absolute atomic E-state index is 11.3. The molecule has 3 unspecified atom stereocenters. The van der Waals surface area contributed by atoms with E-state index in [1.807, 2.05) is 13.8 Å². The lowest BCUT2D eigenvalue weighted by atomic mass is 10.2. The number of aliphatic imine (C=N–C) groups is 1. The fourth-order valence-corrected chi connectivity index (χ4v) is 3.99. The van der Waals surface area contributed by atoms with Crippen molar-refractivity contribution in [3.05, 3.63) is 0 Å². The maximum atomic E-state index is 11.3. The standard InChI is InChI=1S/C16H32N4O3S.HI/c1-4-17-16(19-13(2)7-9-24(3,21)22)18-10-15-11-20-8-5-6-14(20)12-23-15;/h13-15H,4-12H2,1-3H3,(H2,17,18,19);1H. The fraction of sp³-hybridized carbons (Fsp3) is 0.938. The summed E-state index contributed by atoms with van der Waals surface area (Å²) in [5, 5.41) is 6.50. The number of rotatable bonds is 7. The summed E-state index contributed by atoms with van der Waals surface area (Å²) >= 11 is 0. The molecular weight excluding hydrogens is 455 g/mol. The molecule has 0 aromatic heterocycles. The van der Waals surface area contributed by atoms with Crippen LogP contribution < -0.4 is 10.6 Å². The second-order valence-corrected chi connectivity index (χ2v) is 9.19. The Balaban J connectivity index is 0.00000312. The van der Waals surface area contributed by atoms with Crippen LogP contribution in [0.3, 0.4) is 0 Å². The molecule has 148 valence electrons. The van der Waals surface area contributed by atoms with Gasteiger partial charge in [0, 0.05) is 31.4 Å². The summed E-state index contributed by atoms with van der Waals surface area (Å²) in [5.41, 5.74) is 0. The third-order valence-corrected chi connectivity index (χ3v) is 5.54. The van der Waals surface area contributed by atoms with Gasteiger partial charge >= 0.3 is 0 Å². The number of morpholine rings is 1. The van der Waals surface area contributed by atoms with Gasteiger partial charge in [-0.3, -0.25) is 9.89 Å². The molecule has 2 fully saturated rings. The van der Waals surface area contributed by atoms with Gasteiger partial charge in [-0.15, -0.1) is 24.0 Å². The smallest absolute Gasteiger partial charge is 0.191 e. The summed E-state index contributed by atoms with van der Waals surface area (Å²) in [5.74, 6) is 0.911. The van der Waals surface area contributed by atoms with Gasteiger partial charge < -0.3 is 15.4 Å². The zero-order valence-corrected chi connectivity index (χ0v) is 18.7. The minimum absolute atomic E-state index is 0. The lowest BCUT2D eigenvalue weighted by Gasteiger charge is -2.34. The van der Waals surface area contributed by atoms with Gasteiger partial charge in [-0.1, -0.05) is 0 Å². The third-order valence-electron chi connectivity index (χ3n) is 4.56. The van der Waals surface area contributed by atoms with Crippen LogP contribution in [0.2, 0.25) is 0 Å². The molecule has 3 atom stereocenters. The van der Waals surface area contributed by atoms with Crippen LogP contribution in [0.4, 0.5) is 0 Å². The second-order valence-electron chi connectivity index (χ2n) is 6.93. The molecule has 2 rings (SSSR count). The van der Waals surface area contributed by atoms with Crippen molar-refractivity contribution in [2.45, 2.75) is 51.3 Å². The number of guanidine groups is 1. The Bertz CT molecular complexity index is 529. The van der Waals surface area contributed by atoms with Gasteiger partial charge in [0.05, 0.1) is 25.0 Å². The predicted octanol–water partition coefficient (Wildman–Crippen LogP) is 0.846. The van der Waals surface area contributed by atoms with E-state index in [-0.39, 0.29) is 41.9 Å². The molecule has 9 heteroatoms. The van der Waals surface area contributed by atoms with Crippen LogP contribution in [0.5, 0.6) is 0 Å². The molecular formula is C16H33IN4O3S. The molecule has 0 radical (unpaired) electrons. The van der Waals surface area contributed by atoms with Crippen LogP contribution in [0.15, 0.2) is 4.99 Å². The van der Waals surface area contributed by atoms with Gasteiger partial charge in [-0.25, -0.2) is 8.42 Å². The summed E-state index contributed by atoms with van der Waals surface area (Å²) in [7, 11) is -2.93. The fourth-order valence-electron chi connectivity index (χ4n) is 3.21. The van der Waals surface area contributed by atoms with Crippen molar-refractivity contribution in [1.29, 1.82) is 0 Å². The van der Waals surface area contributed by atoms with E-state index < -0.39 is 9.84 Å². The Hall–Kier alpha value is -0.130. The molecule has 0 bridgehead atoms. The minimum Gasteiger partial charge on any atom is -0.373 e. The largest absolute Gasteiger partial charge is 0.373 e. The lowest BCUT2D eigenvalue weighted by molar-refractivity contribution is -0.0432. The molecule has 2 saturated heterocycles. The molecule has 25 heavy (non-hydrogen) atoms. The molecule has 0 aliphatic carbocycles. The van der Waals surface area contributed by atoms with Crippen molar-refractivity contribution in [3.8, 4) is 0 Å². The first-order valence-corrected chi connectivity index (χ1v) is 11.0. The third kappa shape index (κ3) is 8.40. The monoisotopic (exact) mass is 488 g/mol. The van der Waals surface area contributed by atoms with Crippen LogP contribution in [0.25, 0.3) is 0 Å². The van der Waals surface area contributed by atoms with Crippen molar-refractivity contribution >= 4 is 39.8 Å². The number of hydrogen-bond acceptors (Lipinski definition) is 5. The Morgan fingerprint density at radius 2 is 2.20 bits per heavy atom. The van der Waals surface area contributed by atoms with Gasteiger partial charge in [0.15, 0.2) is 5.96 Å². The molecule has 0 spiro atoms. The molecule has 2 aliphatic heterocycles. The van der Waals surface area contributed by atoms with Crippen molar-refractivity contribution in [1.82, 2.24) is 15.5 Å². The summed E-state index contributed by atoms with van der Waals surface area (Å²) < 4.78 is 28.5. The van der Waals surface area contributed by atoms with E-state index in [9.17, 15) is 8.42 Å². The Labute approximate surface area is 169 Å². The second kappa shape index (κ2) is 10.9. The highest BCUT2D eigenvalue weighted by Gasteiger charge is 2.32. The summed E-state index contributed by atoms with van der Waals surface area (Å²) in [6.07, 6.45) is 4.49. The first-order chi connectivity index (χ1) is 11.4. The van der Waals surface area contributed by atoms with Crippen LogP contribution in [-0.2, 0) is 14.6 Å². The van der Waals surface area contributed by atoms with E-state index in [1.165, 1.54) is 25.6 Å². The number of nitrogens with zero attached hydrogens (tertiary/aromatic N) is 2. The van der Waals surface area contributed by atoms with E-state index in [4.69, 9.17) is 4.74 Å². The molecule has 7 nitrogen and oxygen atoms in total. The van der Waals surface area contributed by atoms with E-state index in [0.29, 0.717) is 19.0 Å². The van der Waals surface area contributed by atoms with Gasteiger partial charge in [0.1, 0.15) is 9.84 Å². The highest BCUT2D eigenvalue weighted by molar-refractivity contribution is 14.0. The van der Waals surface area contributed by atoms with E-state index >= 15 is 0 Å². The number of sulfone groups is 1. The average Bonchev–Trinajstić information content (AvgIpc) is 2.98. The molecule has 0 amide bonds. The highest BCUT2D eigenvalue weighted by atomic mass is 127. The van der Waals surface area contributed by atoms with E-state index in [1.54, 1.807) is 0 Å². The van der Waals surface area contributed by atoms with Crippen molar-refractivity contribution in [3.63, 3.8) is 0 Å². The van der Waals surface area contributed by atoms with Crippen molar-refractivity contribution < 1.29 is 13.2 Å². The molecule has 2 N–H and O–H groups in total. The normalized spacial score (nSPS) is 25.8. The Morgan fingerprint density at radius 3 is 2.88 bits per heavy atom. The first-order valence-electron chi connectivity index (χ1n) is 8.95. The Morgan fingerprint density at radius 1 is 1.44 bits per heavy atom. The van der Waals surface area contributed by atoms with Crippen LogP contribution in [-0.4, -0.2) is 82.3 Å². The zero-order valence-electron chi connectivity index (χ0n) is 15.5. The van der Waals surface area contributed by atoms with Gasteiger partial charge in [-0.05, 0) is 39.7 Å². The molecule has 2 aliphatic rings. The van der Waals surface area contributed by atoms with E-state index in [0.717, 1.165) is 25.7 Å². The average molecular weight is 488 g/mol. The van der Waals surface area contributed by atoms with Crippen molar-refractivity contribution in [2.75, 3.05) is 44.8 Å². The lowest BCUT2D eigenvalue weighted by Crippen LogP contribution is -2.48. The summed E-state index contributed by atoms with van der Waals surface area (Å²) in [6, 6.07) is 0.653. The van der Waals surface area contributed by atoms with Crippen LogP contribution >= 0.6 is 24.0 Å². The first kappa shape index (κ1) is 22.9. The SMILES string of the molecule is CCNC(=NCC1CN2CCCC2CO1)NC(C)CCS(C)(=O)=O.I. The molecule has 0 saturated carbocycles. The maximum Gasteiger partial charge on any atom is 0.191 e. The zero-order chi connectivity index (χ0) is 17.6. The number of hydrogen-bond donors (Lipinski definition) is 2. The van der Waals surface area contributed by atoms with Crippen LogP contribution in [0, 0.1) is 0 Å². The molecule has 2 heterocycles. The molecule has 0 aromatic carbocycles. The topological polar surface area (TPSA) is 83.0 Å². The summed E-state index contributed by atoms with van der Waals surface area (Å²) in [4.78, 5) is 7.14. The number of ether oxygens (including phenoxy) is 1. The molecule has 0 aromatic rings. The quantitative estimate of drug-likeness (QED) is 0.314. The van der Waals surface area contributed by atoms with Gasteiger partial charge in [0.25, 0.3) is 0 Å². The van der Waals surface area contributed by atoms with Crippen molar-refractivity contribution in [2.24, 2.45) is 4.99 Å².